The van der Waals surface area contributed by atoms with E-state index in [1.165, 1.54) is 37.7 Å². The zero-order valence-corrected chi connectivity index (χ0v) is 9.93. The molecule has 3 atom stereocenters. The lowest BCUT2D eigenvalue weighted by atomic mass is 9.70. The van der Waals surface area contributed by atoms with Crippen molar-refractivity contribution >= 4 is 11.3 Å². The SMILES string of the molecule is NCC1(Cc2ccsc2)CC2CCC1C2. The minimum atomic E-state index is 0.462. The van der Waals surface area contributed by atoms with Gasteiger partial charge in [0.1, 0.15) is 0 Å². The Morgan fingerprint density at radius 3 is 2.93 bits per heavy atom. The van der Waals surface area contributed by atoms with Crippen molar-refractivity contribution in [3.8, 4) is 0 Å². The summed E-state index contributed by atoms with van der Waals surface area (Å²) in [4.78, 5) is 0. The Morgan fingerprint density at radius 2 is 2.40 bits per heavy atom. The van der Waals surface area contributed by atoms with E-state index in [0.29, 0.717) is 5.41 Å². The molecule has 3 unspecified atom stereocenters. The van der Waals surface area contributed by atoms with Crippen LogP contribution in [0.25, 0.3) is 0 Å². The largest absolute Gasteiger partial charge is 0.330 e. The summed E-state index contributed by atoms with van der Waals surface area (Å²) in [5.41, 5.74) is 8.05. The van der Waals surface area contributed by atoms with Gasteiger partial charge in [-0.05, 0) is 71.9 Å². The molecule has 2 N–H and O–H groups in total. The Labute approximate surface area is 95.7 Å². The van der Waals surface area contributed by atoms with Crippen LogP contribution < -0.4 is 5.73 Å². The molecule has 0 saturated heterocycles. The average Bonchev–Trinajstić information content (AvgIpc) is 2.93. The zero-order valence-electron chi connectivity index (χ0n) is 9.11. The predicted octanol–water partition coefficient (Wildman–Crippen LogP) is 3.06. The zero-order chi connectivity index (χ0) is 10.3. The quantitative estimate of drug-likeness (QED) is 0.834. The Balaban J connectivity index is 1.82. The van der Waals surface area contributed by atoms with Crippen LogP contribution in [0.15, 0.2) is 16.8 Å². The van der Waals surface area contributed by atoms with Crippen molar-refractivity contribution in [2.45, 2.75) is 32.1 Å². The van der Waals surface area contributed by atoms with Crippen molar-refractivity contribution < 1.29 is 0 Å². The molecule has 82 valence electrons. The monoisotopic (exact) mass is 221 g/mol. The van der Waals surface area contributed by atoms with Crippen LogP contribution in [0.5, 0.6) is 0 Å². The summed E-state index contributed by atoms with van der Waals surface area (Å²) in [6.45, 7) is 0.893. The van der Waals surface area contributed by atoms with Crippen LogP contribution in [0.2, 0.25) is 0 Å². The highest BCUT2D eigenvalue weighted by molar-refractivity contribution is 7.07. The van der Waals surface area contributed by atoms with E-state index in [-0.39, 0.29) is 0 Å². The number of rotatable bonds is 3. The minimum Gasteiger partial charge on any atom is -0.330 e. The minimum absolute atomic E-state index is 0.462. The molecule has 1 nitrogen and oxygen atoms in total. The van der Waals surface area contributed by atoms with Crippen molar-refractivity contribution in [2.24, 2.45) is 23.0 Å². The highest BCUT2D eigenvalue weighted by Crippen LogP contribution is 2.56. The molecule has 0 aromatic carbocycles. The molecule has 0 spiro atoms. The number of nitrogens with two attached hydrogens (primary N) is 1. The normalized spacial score (nSPS) is 38.7. The van der Waals surface area contributed by atoms with E-state index in [2.05, 4.69) is 16.8 Å². The second-order valence-corrected chi connectivity index (χ2v) is 6.24. The maximum atomic E-state index is 6.08. The molecule has 3 rings (SSSR count). The summed E-state index contributed by atoms with van der Waals surface area (Å²) in [5, 5.41) is 4.48. The van der Waals surface area contributed by atoms with Gasteiger partial charge in [-0.1, -0.05) is 6.42 Å². The van der Waals surface area contributed by atoms with E-state index >= 15 is 0 Å². The fourth-order valence-electron chi connectivity index (χ4n) is 3.90. The topological polar surface area (TPSA) is 26.0 Å². The van der Waals surface area contributed by atoms with Crippen molar-refractivity contribution in [1.82, 2.24) is 0 Å². The van der Waals surface area contributed by atoms with E-state index in [1.54, 1.807) is 0 Å². The Hall–Kier alpha value is -0.340. The lowest BCUT2D eigenvalue weighted by Crippen LogP contribution is -2.37. The number of hydrogen-bond donors (Lipinski definition) is 1. The van der Waals surface area contributed by atoms with E-state index in [9.17, 15) is 0 Å². The molecule has 2 bridgehead atoms. The van der Waals surface area contributed by atoms with Gasteiger partial charge in [0.05, 0.1) is 0 Å². The summed E-state index contributed by atoms with van der Waals surface area (Å²) in [5.74, 6) is 1.92. The van der Waals surface area contributed by atoms with Gasteiger partial charge in [-0.3, -0.25) is 0 Å². The first kappa shape index (κ1) is 9.86. The molecule has 0 aliphatic heterocycles. The van der Waals surface area contributed by atoms with Gasteiger partial charge >= 0.3 is 0 Å². The third kappa shape index (κ3) is 1.55. The first-order chi connectivity index (χ1) is 7.32. The molecule has 1 aromatic rings. The smallest absolute Gasteiger partial charge is 0.00146 e. The van der Waals surface area contributed by atoms with Crippen LogP contribution in [-0.4, -0.2) is 6.54 Å². The molecule has 0 amide bonds. The van der Waals surface area contributed by atoms with Gasteiger partial charge in [0.2, 0.25) is 0 Å². The third-order valence-corrected chi connectivity index (χ3v) is 5.38. The number of thiophene rings is 1. The van der Waals surface area contributed by atoms with Gasteiger partial charge < -0.3 is 5.73 Å². The van der Waals surface area contributed by atoms with Gasteiger partial charge in [-0.25, -0.2) is 0 Å². The molecular weight excluding hydrogens is 202 g/mol. The molecule has 1 aromatic heterocycles. The molecule has 2 saturated carbocycles. The maximum absolute atomic E-state index is 6.08. The van der Waals surface area contributed by atoms with Crippen LogP contribution in [0.3, 0.4) is 0 Å². The van der Waals surface area contributed by atoms with E-state index in [0.717, 1.165) is 18.4 Å². The van der Waals surface area contributed by atoms with Gasteiger partial charge in [-0.2, -0.15) is 11.3 Å². The number of fused-ring (bicyclic) bond motifs is 2. The first-order valence-electron chi connectivity index (χ1n) is 6.03. The van der Waals surface area contributed by atoms with Gasteiger partial charge in [0, 0.05) is 0 Å². The predicted molar refractivity (Wildman–Crippen MR) is 65.0 cm³/mol. The van der Waals surface area contributed by atoms with Crippen LogP contribution in [-0.2, 0) is 6.42 Å². The van der Waals surface area contributed by atoms with Gasteiger partial charge in [0.15, 0.2) is 0 Å². The van der Waals surface area contributed by atoms with Crippen LogP contribution >= 0.6 is 11.3 Å². The summed E-state index contributed by atoms with van der Waals surface area (Å²) in [6, 6.07) is 2.27. The fourth-order valence-corrected chi connectivity index (χ4v) is 4.57. The highest BCUT2D eigenvalue weighted by atomic mass is 32.1. The van der Waals surface area contributed by atoms with Crippen molar-refractivity contribution in [2.75, 3.05) is 6.54 Å². The Bertz CT molecular complexity index is 332. The molecule has 0 radical (unpaired) electrons. The molecule has 2 heteroatoms. The molecule has 2 aliphatic rings. The van der Waals surface area contributed by atoms with Crippen LogP contribution in [0.4, 0.5) is 0 Å². The van der Waals surface area contributed by atoms with Crippen molar-refractivity contribution in [3.63, 3.8) is 0 Å². The summed E-state index contributed by atoms with van der Waals surface area (Å²) in [7, 11) is 0. The second kappa shape index (κ2) is 3.60. The highest BCUT2D eigenvalue weighted by Gasteiger charge is 2.49. The van der Waals surface area contributed by atoms with E-state index < -0.39 is 0 Å². The average molecular weight is 221 g/mol. The molecule has 15 heavy (non-hydrogen) atoms. The molecular formula is C13H19NS. The maximum Gasteiger partial charge on any atom is -0.00146 e. The summed E-state index contributed by atoms with van der Waals surface area (Å²) in [6.07, 6.45) is 6.99. The lowest BCUT2D eigenvalue weighted by molar-refractivity contribution is 0.172. The molecule has 2 fully saturated rings. The standard InChI is InChI=1S/C13H19NS/c14-9-13(7-11-3-4-15-8-11)6-10-1-2-12(13)5-10/h3-4,8,10,12H,1-2,5-7,9,14H2. The Morgan fingerprint density at radius 1 is 1.47 bits per heavy atom. The second-order valence-electron chi connectivity index (χ2n) is 5.45. The molecule has 2 aliphatic carbocycles. The van der Waals surface area contributed by atoms with E-state index in [4.69, 9.17) is 5.73 Å². The first-order valence-corrected chi connectivity index (χ1v) is 6.98. The lowest BCUT2D eigenvalue weighted by Gasteiger charge is -2.36. The van der Waals surface area contributed by atoms with Crippen molar-refractivity contribution in [1.29, 1.82) is 0 Å². The van der Waals surface area contributed by atoms with Crippen molar-refractivity contribution in [3.05, 3.63) is 22.4 Å². The Kier molecular flexibility index (Phi) is 2.37. The van der Waals surface area contributed by atoms with Crippen LogP contribution in [0.1, 0.15) is 31.2 Å². The van der Waals surface area contributed by atoms with E-state index in [1.807, 2.05) is 11.3 Å². The van der Waals surface area contributed by atoms with Crippen LogP contribution in [0, 0.1) is 17.3 Å². The summed E-state index contributed by atoms with van der Waals surface area (Å²) >= 11 is 1.81. The molecule has 1 heterocycles. The number of hydrogen-bond acceptors (Lipinski definition) is 2. The van der Waals surface area contributed by atoms with Gasteiger partial charge in [0.25, 0.3) is 0 Å². The summed E-state index contributed by atoms with van der Waals surface area (Å²) < 4.78 is 0. The third-order valence-electron chi connectivity index (χ3n) is 4.65. The van der Waals surface area contributed by atoms with Gasteiger partial charge in [-0.15, -0.1) is 0 Å². The fraction of sp³-hybridized carbons (Fsp3) is 0.692.